The molecule has 0 saturated carbocycles. The van der Waals surface area contributed by atoms with Crippen molar-refractivity contribution in [3.63, 3.8) is 0 Å². The zero-order valence-electron chi connectivity index (χ0n) is 15.8. The van der Waals surface area contributed by atoms with Crippen molar-refractivity contribution in [2.24, 2.45) is 0 Å². The van der Waals surface area contributed by atoms with Crippen molar-refractivity contribution < 1.29 is 22.7 Å². The number of para-hydroxylation sites is 1. The summed E-state index contributed by atoms with van der Waals surface area (Å²) in [5, 5.41) is 8.63. The van der Waals surface area contributed by atoms with Crippen LogP contribution in [0.25, 0.3) is 11.3 Å². The van der Waals surface area contributed by atoms with Gasteiger partial charge in [-0.25, -0.2) is 0 Å². The lowest BCUT2D eigenvalue weighted by Gasteiger charge is -2.30. The zero-order valence-corrected chi connectivity index (χ0v) is 16.7. The van der Waals surface area contributed by atoms with E-state index in [0.717, 1.165) is 12.1 Å². The molecule has 1 aliphatic heterocycles. The molecule has 0 spiro atoms. The van der Waals surface area contributed by atoms with Gasteiger partial charge in [0.05, 0.1) is 11.3 Å². The van der Waals surface area contributed by atoms with Gasteiger partial charge in [0, 0.05) is 18.1 Å². The van der Waals surface area contributed by atoms with Crippen LogP contribution < -0.4 is 9.64 Å². The van der Waals surface area contributed by atoms with Crippen LogP contribution in [0, 0.1) is 0 Å². The van der Waals surface area contributed by atoms with Gasteiger partial charge in [0.25, 0.3) is 0 Å². The van der Waals surface area contributed by atoms with Crippen LogP contribution in [0.3, 0.4) is 0 Å². The summed E-state index contributed by atoms with van der Waals surface area (Å²) in [5.74, 6) is -0.200. The Bertz CT molecular complexity index is 1110. The summed E-state index contributed by atoms with van der Waals surface area (Å²) in [7, 11) is 0. The van der Waals surface area contributed by atoms with E-state index >= 15 is 0 Å². The minimum atomic E-state index is -4.47. The van der Waals surface area contributed by atoms with Gasteiger partial charge in [0.2, 0.25) is 23.2 Å². The van der Waals surface area contributed by atoms with E-state index in [2.05, 4.69) is 15.2 Å². The molecule has 1 amide bonds. The number of nitrogens with zero attached hydrogens (tertiary/aromatic N) is 4. The van der Waals surface area contributed by atoms with Crippen molar-refractivity contribution in [2.45, 2.75) is 24.5 Å². The summed E-state index contributed by atoms with van der Waals surface area (Å²) in [4.78, 5) is 18.3. The molecule has 0 fully saturated rings. The van der Waals surface area contributed by atoms with E-state index in [1.807, 2.05) is 0 Å². The first-order valence-electron chi connectivity index (χ1n) is 8.81. The largest absolute Gasteiger partial charge is 0.447 e. The fourth-order valence-electron chi connectivity index (χ4n) is 3.19. The smallest absolute Gasteiger partial charge is 0.416 e. The van der Waals surface area contributed by atoms with E-state index in [1.54, 1.807) is 30.5 Å². The Morgan fingerprint density at radius 2 is 1.80 bits per heavy atom. The fourth-order valence-corrected chi connectivity index (χ4v) is 3.49. The van der Waals surface area contributed by atoms with E-state index in [4.69, 9.17) is 4.74 Å². The molecule has 3 aromatic rings. The Morgan fingerprint density at radius 1 is 1.10 bits per heavy atom. The third-order valence-electron chi connectivity index (χ3n) is 4.56. The Balaban J connectivity index is 1.90. The van der Waals surface area contributed by atoms with E-state index in [0.29, 0.717) is 27.7 Å². The molecule has 0 N–H and O–H groups in total. The van der Waals surface area contributed by atoms with E-state index in [1.165, 1.54) is 35.7 Å². The molecule has 6 nitrogen and oxygen atoms in total. The molecule has 0 saturated heterocycles. The highest BCUT2D eigenvalue weighted by Crippen LogP contribution is 2.43. The summed E-state index contributed by atoms with van der Waals surface area (Å²) in [6.45, 7) is 1.36. The molecular formula is C20H15F3N4O2S. The minimum Gasteiger partial charge on any atom is -0.447 e. The van der Waals surface area contributed by atoms with Crippen molar-refractivity contribution in [3.05, 3.63) is 59.7 Å². The van der Waals surface area contributed by atoms with Crippen LogP contribution in [0.4, 0.5) is 18.9 Å². The number of anilines is 1. The molecule has 2 heterocycles. The molecule has 1 aliphatic rings. The molecule has 1 aromatic heterocycles. The van der Waals surface area contributed by atoms with E-state index in [-0.39, 0.29) is 11.8 Å². The van der Waals surface area contributed by atoms with Gasteiger partial charge >= 0.3 is 6.18 Å². The number of fused-ring (bicyclic) bond motifs is 3. The van der Waals surface area contributed by atoms with Gasteiger partial charge in [0.15, 0.2) is 5.69 Å². The first kappa shape index (κ1) is 20.1. The Labute approximate surface area is 174 Å². The maximum absolute atomic E-state index is 13.0. The number of amides is 1. The highest BCUT2D eigenvalue weighted by atomic mass is 32.2. The normalized spacial score (nSPS) is 15.6. The van der Waals surface area contributed by atoms with Gasteiger partial charge in [-0.3, -0.25) is 9.69 Å². The number of carbonyl (C=O) groups is 1. The quantitative estimate of drug-likeness (QED) is 0.546. The van der Waals surface area contributed by atoms with Gasteiger partial charge in [-0.1, -0.05) is 42.1 Å². The van der Waals surface area contributed by atoms with Crippen LogP contribution in [0.1, 0.15) is 24.3 Å². The zero-order chi connectivity index (χ0) is 21.5. The highest BCUT2D eigenvalue weighted by Gasteiger charge is 2.35. The maximum Gasteiger partial charge on any atom is 0.416 e. The molecule has 154 valence electrons. The third-order valence-corrected chi connectivity index (χ3v) is 5.09. The number of halogens is 3. The summed E-state index contributed by atoms with van der Waals surface area (Å²) >= 11 is 1.27. The lowest BCUT2D eigenvalue weighted by molar-refractivity contribution is -0.137. The summed E-state index contributed by atoms with van der Waals surface area (Å²) < 4.78 is 45.0. The Hall–Kier alpha value is -3.14. The first-order chi connectivity index (χ1) is 14.3. The molecule has 30 heavy (non-hydrogen) atoms. The molecule has 0 aliphatic carbocycles. The topological polar surface area (TPSA) is 68.2 Å². The first-order valence-corrected chi connectivity index (χ1v) is 10.0. The van der Waals surface area contributed by atoms with Crippen LogP contribution in [0.2, 0.25) is 0 Å². The standard InChI is InChI=1S/C20H15F3N4O2S/c1-11(28)27-15-6-4-3-5-14(15)16-17(24-19(30-2)26-25-16)29-18(27)12-7-9-13(10-8-12)20(21,22)23/h3-10,18H,1-2H3/t18-/m1/s1. The number of benzene rings is 2. The van der Waals surface area contributed by atoms with Gasteiger partial charge < -0.3 is 4.74 Å². The molecular weight excluding hydrogens is 417 g/mol. The molecule has 1 atom stereocenters. The molecule has 10 heteroatoms. The van der Waals surface area contributed by atoms with Crippen LogP contribution in [0.5, 0.6) is 5.88 Å². The number of carbonyl (C=O) groups excluding carboxylic acids is 1. The average Bonchev–Trinajstić information content (AvgIpc) is 2.87. The second kappa shape index (κ2) is 7.60. The van der Waals surface area contributed by atoms with Crippen LogP contribution >= 0.6 is 11.8 Å². The molecule has 0 unspecified atom stereocenters. The third kappa shape index (κ3) is 3.58. The number of hydrogen-bond donors (Lipinski definition) is 0. The van der Waals surface area contributed by atoms with E-state index in [9.17, 15) is 18.0 Å². The number of alkyl halides is 3. The summed E-state index contributed by atoms with van der Waals surface area (Å²) in [5.41, 5.74) is 1.02. The van der Waals surface area contributed by atoms with Crippen LogP contribution in [0.15, 0.2) is 53.7 Å². The number of thioether (sulfide) groups is 1. The number of aromatic nitrogens is 3. The average molecular weight is 432 g/mol. The van der Waals surface area contributed by atoms with Crippen LogP contribution in [-0.2, 0) is 11.0 Å². The molecule has 0 radical (unpaired) electrons. The lowest BCUT2D eigenvalue weighted by Crippen LogP contribution is -2.36. The summed E-state index contributed by atoms with van der Waals surface area (Å²) in [6.07, 6.45) is -3.71. The summed E-state index contributed by atoms with van der Waals surface area (Å²) in [6, 6.07) is 11.5. The van der Waals surface area contributed by atoms with Gasteiger partial charge in [0.1, 0.15) is 0 Å². The van der Waals surface area contributed by atoms with Crippen molar-refractivity contribution in [1.29, 1.82) is 0 Å². The Morgan fingerprint density at radius 3 is 2.43 bits per heavy atom. The second-order valence-corrected chi connectivity index (χ2v) is 7.22. The van der Waals surface area contributed by atoms with Gasteiger partial charge in [-0.15, -0.1) is 10.2 Å². The molecule has 4 rings (SSSR count). The maximum atomic E-state index is 13.0. The molecule has 2 aromatic carbocycles. The van der Waals surface area contributed by atoms with Crippen LogP contribution in [-0.4, -0.2) is 27.3 Å². The molecule has 0 bridgehead atoms. The lowest BCUT2D eigenvalue weighted by atomic mass is 10.1. The van der Waals surface area contributed by atoms with Crippen molar-refractivity contribution in [3.8, 4) is 17.1 Å². The number of ether oxygens (including phenoxy) is 1. The number of rotatable bonds is 2. The van der Waals surface area contributed by atoms with Crippen molar-refractivity contribution in [2.75, 3.05) is 11.2 Å². The predicted molar refractivity (Wildman–Crippen MR) is 105 cm³/mol. The van der Waals surface area contributed by atoms with Gasteiger partial charge in [-0.2, -0.15) is 18.2 Å². The number of hydrogen-bond acceptors (Lipinski definition) is 6. The second-order valence-electron chi connectivity index (χ2n) is 6.45. The van der Waals surface area contributed by atoms with E-state index < -0.39 is 18.0 Å². The highest BCUT2D eigenvalue weighted by molar-refractivity contribution is 7.98. The van der Waals surface area contributed by atoms with Gasteiger partial charge in [-0.05, 0) is 24.5 Å². The minimum absolute atomic E-state index is 0.149. The monoisotopic (exact) mass is 432 g/mol. The fraction of sp³-hybridized carbons (Fsp3) is 0.200. The SMILES string of the molecule is CSc1nnc2c(n1)O[C@H](c1ccc(C(F)(F)F)cc1)N(C(C)=O)c1ccccc1-2. The predicted octanol–water partition coefficient (Wildman–Crippen LogP) is 4.72. The van der Waals surface area contributed by atoms with Crippen molar-refractivity contribution >= 4 is 23.4 Å². The Kier molecular flexibility index (Phi) is 5.10. The van der Waals surface area contributed by atoms with Crippen molar-refractivity contribution in [1.82, 2.24) is 15.2 Å².